The Morgan fingerprint density at radius 3 is 2.32 bits per heavy atom. The molecule has 112 valence electrons. The third-order valence-electron chi connectivity index (χ3n) is 3.17. The van der Waals surface area contributed by atoms with E-state index in [2.05, 4.69) is 19.2 Å². The van der Waals surface area contributed by atoms with Crippen LogP contribution in [-0.4, -0.2) is 41.1 Å². The minimum atomic E-state index is -0.977. The molecule has 0 saturated heterocycles. The Morgan fingerprint density at radius 1 is 1.21 bits per heavy atom. The van der Waals surface area contributed by atoms with Gasteiger partial charge < -0.3 is 15.3 Å². The number of carboxylic acid groups (broad SMARTS) is 1. The van der Waals surface area contributed by atoms with Gasteiger partial charge in [0.25, 0.3) is 0 Å². The Kier molecular flexibility index (Phi) is 9.00. The van der Waals surface area contributed by atoms with Crippen molar-refractivity contribution in [2.75, 3.05) is 13.1 Å². The molecular weight excluding hydrogens is 244 g/mol. The topological polar surface area (TPSA) is 69.6 Å². The molecule has 2 amide bonds. The first-order valence-corrected chi connectivity index (χ1v) is 7.14. The fourth-order valence-corrected chi connectivity index (χ4v) is 1.77. The van der Waals surface area contributed by atoms with Gasteiger partial charge in [0.2, 0.25) is 0 Å². The lowest BCUT2D eigenvalue weighted by Gasteiger charge is -2.27. The number of nitrogens with zero attached hydrogens (tertiary/aromatic N) is 1. The van der Waals surface area contributed by atoms with E-state index in [1.54, 1.807) is 0 Å². The summed E-state index contributed by atoms with van der Waals surface area (Å²) in [5.41, 5.74) is 0. The van der Waals surface area contributed by atoms with Crippen LogP contribution in [0.15, 0.2) is 0 Å². The van der Waals surface area contributed by atoms with E-state index in [9.17, 15) is 9.59 Å². The lowest BCUT2D eigenvalue weighted by molar-refractivity contribution is -0.138. The normalized spacial score (nSPS) is 12.3. The summed E-state index contributed by atoms with van der Waals surface area (Å²) < 4.78 is 0. The molecule has 0 aromatic heterocycles. The van der Waals surface area contributed by atoms with Gasteiger partial charge in [-0.2, -0.15) is 0 Å². The van der Waals surface area contributed by atoms with Crippen molar-refractivity contribution in [3.63, 3.8) is 0 Å². The van der Waals surface area contributed by atoms with Crippen molar-refractivity contribution >= 4 is 12.0 Å². The molecule has 5 heteroatoms. The van der Waals surface area contributed by atoms with Crippen molar-refractivity contribution < 1.29 is 14.7 Å². The lowest BCUT2D eigenvalue weighted by atomic mass is 10.1. The van der Waals surface area contributed by atoms with Crippen LogP contribution >= 0.6 is 0 Å². The maximum absolute atomic E-state index is 11.9. The summed E-state index contributed by atoms with van der Waals surface area (Å²) in [6.07, 6.45) is 3.92. The Balaban J connectivity index is 4.07. The second-order valence-corrected chi connectivity index (χ2v) is 5.40. The highest BCUT2D eigenvalue weighted by molar-refractivity contribution is 5.80. The predicted molar refractivity (Wildman–Crippen MR) is 76.2 cm³/mol. The van der Waals surface area contributed by atoms with Gasteiger partial charge in [-0.15, -0.1) is 0 Å². The molecule has 2 N–H and O–H groups in total. The number of unbranched alkanes of at least 4 members (excludes halogenated alkanes) is 1. The fourth-order valence-electron chi connectivity index (χ4n) is 1.77. The summed E-state index contributed by atoms with van der Waals surface area (Å²) in [4.78, 5) is 24.1. The maximum atomic E-state index is 11.9. The first-order chi connectivity index (χ1) is 8.88. The molecular formula is C14H28N2O3. The van der Waals surface area contributed by atoms with Gasteiger partial charge in [-0.3, -0.25) is 4.79 Å². The Morgan fingerprint density at radius 2 is 1.84 bits per heavy atom. The molecule has 0 rings (SSSR count). The number of carbonyl (C=O) groups excluding carboxylic acids is 1. The number of nitrogens with one attached hydrogen (secondary N) is 1. The van der Waals surface area contributed by atoms with Gasteiger partial charge in [0, 0.05) is 12.6 Å². The summed E-state index contributed by atoms with van der Waals surface area (Å²) >= 11 is 0. The van der Waals surface area contributed by atoms with E-state index in [4.69, 9.17) is 5.11 Å². The first kappa shape index (κ1) is 17.7. The minimum absolute atomic E-state index is 0.0632. The summed E-state index contributed by atoms with van der Waals surface area (Å²) in [6.45, 7) is 8.52. The monoisotopic (exact) mass is 272 g/mol. The molecule has 0 aromatic rings. The van der Waals surface area contributed by atoms with Gasteiger partial charge >= 0.3 is 12.0 Å². The average Bonchev–Trinajstić information content (AvgIpc) is 2.33. The summed E-state index contributed by atoms with van der Waals surface area (Å²) in [5.74, 6) is -0.297. The Hall–Kier alpha value is -1.26. The van der Waals surface area contributed by atoms with E-state index >= 15 is 0 Å². The maximum Gasteiger partial charge on any atom is 0.323 e. The van der Waals surface area contributed by atoms with E-state index in [0.717, 1.165) is 25.7 Å². The van der Waals surface area contributed by atoms with E-state index in [0.29, 0.717) is 12.5 Å². The average molecular weight is 272 g/mol. The van der Waals surface area contributed by atoms with Crippen molar-refractivity contribution in [3.05, 3.63) is 0 Å². The number of carbonyl (C=O) groups is 2. The molecule has 1 atom stereocenters. The number of aliphatic carboxylic acids is 1. The summed E-state index contributed by atoms with van der Waals surface area (Å²) in [5, 5.41) is 11.6. The van der Waals surface area contributed by atoms with Crippen LogP contribution in [0.3, 0.4) is 0 Å². The van der Waals surface area contributed by atoms with E-state index in [1.165, 1.54) is 4.90 Å². The highest BCUT2D eigenvalue weighted by Gasteiger charge is 2.20. The highest BCUT2D eigenvalue weighted by atomic mass is 16.4. The van der Waals surface area contributed by atoms with Gasteiger partial charge in [0.15, 0.2) is 0 Å². The van der Waals surface area contributed by atoms with Crippen LogP contribution in [0.25, 0.3) is 0 Å². The number of carboxylic acids is 1. The van der Waals surface area contributed by atoms with Crippen molar-refractivity contribution in [3.8, 4) is 0 Å². The van der Waals surface area contributed by atoms with Gasteiger partial charge in [-0.05, 0) is 25.7 Å². The molecule has 0 spiro atoms. The molecule has 0 heterocycles. The quantitative estimate of drug-likeness (QED) is 0.634. The molecule has 0 fully saturated rings. The second kappa shape index (κ2) is 9.64. The van der Waals surface area contributed by atoms with E-state index < -0.39 is 5.97 Å². The smallest absolute Gasteiger partial charge is 0.323 e. The van der Waals surface area contributed by atoms with Crippen LogP contribution in [0.5, 0.6) is 0 Å². The zero-order valence-electron chi connectivity index (χ0n) is 12.6. The third-order valence-corrected chi connectivity index (χ3v) is 3.17. The third kappa shape index (κ3) is 8.46. The molecule has 0 aromatic carbocycles. The van der Waals surface area contributed by atoms with Crippen molar-refractivity contribution in [1.82, 2.24) is 10.2 Å². The number of hydrogen-bond acceptors (Lipinski definition) is 2. The number of hydrogen-bond donors (Lipinski definition) is 2. The molecule has 0 aliphatic heterocycles. The van der Waals surface area contributed by atoms with Crippen molar-refractivity contribution in [1.29, 1.82) is 0 Å². The van der Waals surface area contributed by atoms with Crippen LogP contribution in [0, 0.1) is 5.92 Å². The first-order valence-electron chi connectivity index (χ1n) is 7.14. The molecule has 0 bridgehead atoms. The lowest BCUT2D eigenvalue weighted by Crippen LogP contribution is -2.47. The molecule has 0 aliphatic carbocycles. The molecule has 0 aliphatic rings. The van der Waals surface area contributed by atoms with E-state index in [-0.39, 0.29) is 18.6 Å². The largest absolute Gasteiger partial charge is 0.480 e. The van der Waals surface area contributed by atoms with Crippen molar-refractivity contribution in [2.45, 2.75) is 59.4 Å². The standard InChI is InChI=1S/C14H28N2O3/c1-5-12(4)16(10-13(17)18)14(19)15-9-7-6-8-11(2)3/h11-12H,5-10H2,1-4H3,(H,15,19)(H,17,18). The Labute approximate surface area is 116 Å². The van der Waals surface area contributed by atoms with Gasteiger partial charge in [0.05, 0.1) is 0 Å². The number of urea groups is 1. The molecule has 5 nitrogen and oxygen atoms in total. The molecule has 0 radical (unpaired) electrons. The fraction of sp³-hybridized carbons (Fsp3) is 0.857. The van der Waals surface area contributed by atoms with Crippen LogP contribution in [0.4, 0.5) is 4.79 Å². The molecule has 19 heavy (non-hydrogen) atoms. The van der Waals surface area contributed by atoms with Gasteiger partial charge in [0.1, 0.15) is 6.54 Å². The predicted octanol–water partition coefficient (Wildman–Crippen LogP) is 2.71. The van der Waals surface area contributed by atoms with Crippen molar-refractivity contribution in [2.24, 2.45) is 5.92 Å². The van der Waals surface area contributed by atoms with Crippen LogP contribution < -0.4 is 5.32 Å². The molecule has 1 unspecified atom stereocenters. The highest BCUT2D eigenvalue weighted by Crippen LogP contribution is 2.06. The Bertz CT molecular complexity index is 280. The molecule has 0 saturated carbocycles. The number of rotatable bonds is 9. The number of amides is 2. The SMILES string of the molecule is CCC(C)N(CC(=O)O)C(=O)NCCCCC(C)C. The summed E-state index contributed by atoms with van der Waals surface area (Å²) in [6, 6.07) is -0.340. The van der Waals surface area contributed by atoms with Crippen LogP contribution in [0.1, 0.15) is 53.4 Å². The summed E-state index contributed by atoms with van der Waals surface area (Å²) in [7, 11) is 0. The van der Waals surface area contributed by atoms with Crippen LogP contribution in [0.2, 0.25) is 0 Å². The zero-order valence-corrected chi connectivity index (χ0v) is 12.6. The zero-order chi connectivity index (χ0) is 14.8. The van der Waals surface area contributed by atoms with Gasteiger partial charge in [-0.1, -0.05) is 33.6 Å². The second-order valence-electron chi connectivity index (χ2n) is 5.40. The minimum Gasteiger partial charge on any atom is -0.480 e. The van der Waals surface area contributed by atoms with E-state index in [1.807, 2.05) is 13.8 Å². The van der Waals surface area contributed by atoms with Gasteiger partial charge in [-0.25, -0.2) is 4.79 Å². The van der Waals surface area contributed by atoms with Crippen LogP contribution in [-0.2, 0) is 4.79 Å².